The van der Waals surface area contributed by atoms with E-state index in [0.717, 1.165) is 25.8 Å². The van der Waals surface area contributed by atoms with E-state index in [0.29, 0.717) is 23.7 Å². The molecule has 5 heteroatoms. The number of nitrogens with one attached hydrogen (secondary N) is 1. The van der Waals surface area contributed by atoms with Crippen LogP contribution in [0.25, 0.3) is 0 Å². The molecule has 116 valence electrons. The summed E-state index contributed by atoms with van der Waals surface area (Å²) in [4.78, 5) is 25.3. The lowest BCUT2D eigenvalue weighted by Gasteiger charge is -2.21. The maximum atomic E-state index is 12.0. The van der Waals surface area contributed by atoms with Crippen LogP contribution in [0.15, 0.2) is 24.3 Å². The predicted molar refractivity (Wildman–Crippen MR) is 85.6 cm³/mol. The lowest BCUT2D eigenvalue weighted by Crippen LogP contribution is -2.38. The summed E-state index contributed by atoms with van der Waals surface area (Å²) in [6.45, 7) is 5.37. The molecule has 0 aliphatic carbocycles. The minimum Gasteiger partial charge on any atom is -0.350 e. The number of hydrogen-bond donors (Lipinski definition) is 1. The van der Waals surface area contributed by atoms with Crippen LogP contribution < -0.4 is 5.32 Å². The van der Waals surface area contributed by atoms with Crippen LogP contribution in [-0.4, -0.2) is 36.3 Å². The summed E-state index contributed by atoms with van der Waals surface area (Å²) in [6.07, 6.45) is 3.22. The second kappa shape index (κ2) is 9.40. The zero-order valence-corrected chi connectivity index (χ0v) is 13.4. The molecular weight excluding hydrogens is 288 g/mol. The van der Waals surface area contributed by atoms with Crippen molar-refractivity contribution < 1.29 is 9.59 Å². The van der Waals surface area contributed by atoms with Crippen LogP contribution in [0.1, 0.15) is 43.5 Å². The van der Waals surface area contributed by atoms with Crippen molar-refractivity contribution in [2.24, 2.45) is 0 Å². The number of hydrogen-bond acceptors (Lipinski definition) is 2. The molecule has 1 N–H and O–H groups in total. The van der Waals surface area contributed by atoms with Gasteiger partial charge in [-0.15, -0.1) is 0 Å². The van der Waals surface area contributed by atoms with Crippen molar-refractivity contribution in [2.75, 3.05) is 19.6 Å². The van der Waals surface area contributed by atoms with Crippen molar-refractivity contribution in [1.29, 1.82) is 0 Å². The fourth-order valence-electron chi connectivity index (χ4n) is 2.02. The van der Waals surface area contributed by atoms with Gasteiger partial charge in [0.25, 0.3) is 5.91 Å². The maximum absolute atomic E-state index is 12.0. The zero-order valence-electron chi connectivity index (χ0n) is 12.7. The summed E-state index contributed by atoms with van der Waals surface area (Å²) in [7, 11) is 0. The SMILES string of the molecule is CCCCCN(CCNC(=O)c1ccccc1Cl)C(C)=O. The number of unbranched alkanes of at least 4 members (excludes halogenated alkanes) is 2. The van der Waals surface area contributed by atoms with E-state index in [1.165, 1.54) is 0 Å². The smallest absolute Gasteiger partial charge is 0.252 e. The number of carbonyl (C=O) groups excluding carboxylic acids is 2. The minimum absolute atomic E-state index is 0.0399. The Morgan fingerprint density at radius 2 is 1.90 bits per heavy atom. The Hall–Kier alpha value is -1.55. The molecule has 1 rings (SSSR count). The van der Waals surface area contributed by atoms with E-state index in [-0.39, 0.29) is 11.8 Å². The van der Waals surface area contributed by atoms with Gasteiger partial charge in [0.2, 0.25) is 5.91 Å². The van der Waals surface area contributed by atoms with Crippen molar-refractivity contribution in [3.05, 3.63) is 34.9 Å². The average molecular weight is 311 g/mol. The summed E-state index contributed by atoms with van der Waals surface area (Å²) < 4.78 is 0. The van der Waals surface area contributed by atoms with Crippen molar-refractivity contribution in [2.45, 2.75) is 33.1 Å². The average Bonchev–Trinajstić information content (AvgIpc) is 2.45. The highest BCUT2D eigenvalue weighted by atomic mass is 35.5. The Kier molecular flexibility index (Phi) is 7.83. The Labute approximate surface area is 131 Å². The molecular formula is C16H23ClN2O2. The van der Waals surface area contributed by atoms with Gasteiger partial charge in [0.05, 0.1) is 10.6 Å². The topological polar surface area (TPSA) is 49.4 Å². The Balaban J connectivity index is 2.41. The van der Waals surface area contributed by atoms with E-state index in [9.17, 15) is 9.59 Å². The van der Waals surface area contributed by atoms with Gasteiger partial charge in [-0.1, -0.05) is 43.5 Å². The normalized spacial score (nSPS) is 10.2. The van der Waals surface area contributed by atoms with Crippen LogP contribution >= 0.6 is 11.6 Å². The fraction of sp³-hybridized carbons (Fsp3) is 0.500. The molecule has 21 heavy (non-hydrogen) atoms. The van der Waals surface area contributed by atoms with E-state index in [4.69, 9.17) is 11.6 Å². The summed E-state index contributed by atoms with van der Waals surface area (Å²) in [6, 6.07) is 6.92. The van der Waals surface area contributed by atoms with E-state index in [1.807, 2.05) is 0 Å². The molecule has 0 saturated heterocycles. The number of halogens is 1. The van der Waals surface area contributed by atoms with E-state index in [1.54, 1.807) is 36.1 Å². The van der Waals surface area contributed by atoms with Gasteiger partial charge in [0.1, 0.15) is 0 Å². The van der Waals surface area contributed by atoms with Gasteiger partial charge in [0, 0.05) is 26.6 Å². The van der Waals surface area contributed by atoms with E-state index >= 15 is 0 Å². The third-order valence-electron chi connectivity index (χ3n) is 3.26. The van der Waals surface area contributed by atoms with Crippen LogP contribution in [-0.2, 0) is 4.79 Å². The molecule has 0 fully saturated rings. The molecule has 0 aliphatic rings. The van der Waals surface area contributed by atoms with Crippen molar-refractivity contribution in [1.82, 2.24) is 10.2 Å². The number of rotatable bonds is 8. The molecule has 0 heterocycles. The van der Waals surface area contributed by atoms with Crippen molar-refractivity contribution in [3.63, 3.8) is 0 Å². The first-order valence-corrected chi connectivity index (χ1v) is 7.72. The number of carbonyl (C=O) groups is 2. The van der Waals surface area contributed by atoms with E-state index in [2.05, 4.69) is 12.2 Å². The molecule has 1 aromatic rings. The Morgan fingerprint density at radius 1 is 1.19 bits per heavy atom. The lowest BCUT2D eigenvalue weighted by molar-refractivity contribution is -0.128. The first kappa shape index (κ1) is 17.5. The van der Waals surface area contributed by atoms with Gasteiger partial charge in [0.15, 0.2) is 0 Å². The van der Waals surface area contributed by atoms with Gasteiger partial charge < -0.3 is 10.2 Å². The van der Waals surface area contributed by atoms with Gasteiger partial charge in [-0.2, -0.15) is 0 Å². The highest BCUT2D eigenvalue weighted by Crippen LogP contribution is 2.14. The fourth-order valence-corrected chi connectivity index (χ4v) is 2.25. The first-order chi connectivity index (χ1) is 10.1. The second-order valence-corrected chi connectivity index (χ2v) is 5.36. The molecule has 2 amide bonds. The van der Waals surface area contributed by atoms with E-state index < -0.39 is 0 Å². The van der Waals surface area contributed by atoms with Gasteiger partial charge >= 0.3 is 0 Å². The highest BCUT2D eigenvalue weighted by Gasteiger charge is 2.11. The molecule has 4 nitrogen and oxygen atoms in total. The summed E-state index contributed by atoms with van der Waals surface area (Å²) in [5, 5.41) is 3.23. The number of amides is 2. The zero-order chi connectivity index (χ0) is 15.7. The quantitative estimate of drug-likeness (QED) is 0.750. The van der Waals surface area contributed by atoms with Crippen LogP contribution in [0, 0.1) is 0 Å². The maximum Gasteiger partial charge on any atom is 0.252 e. The molecule has 0 radical (unpaired) electrons. The van der Waals surface area contributed by atoms with Crippen LogP contribution in [0.2, 0.25) is 5.02 Å². The van der Waals surface area contributed by atoms with Gasteiger partial charge in [-0.25, -0.2) is 0 Å². The molecule has 0 spiro atoms. The first-order valence-electron chi connectivity index (χ1n) is 7.34. The summed E-state index contributed by atoms with van der Waals surface area (Å²) in [5.41, 5.74) is 0.458. The molecule has 0 aromatic heterocycles. The van der Waals surface area contributed by atoms with Crippen LogP contribution in [0.3, 0.4) is 0 Å². The van der Waals surface area contributed by atoms with Crippen molar-refractivity contribution in [3.8, 4) is 0 Å². The monoisotopic (exact) mass is 310 g/mol. The van der Waals surface area contributed by atoms with Crippen LogP contribution in [0.4, 0.5) is 0 Å². The molecule has 0 unspecified atom stereocenters. The van der Waals surface area contributed by atoms with Crippen LogP contribution in [0.5, 0.6) is 0 Å². The molecule has 0 bridgehead atoms. The summed E-state index contributed by atoms with van der Waals surface area (Å²) in [5.74, 6) is -0.171. The van der Waals surface area contributed by atoms with Crippen molar-refractivity contribution >= 4 is 23.4 Å². The predicted octanol–water partition coefficient (Wildman–Crippen LogP) is 3.11. The molecule has 1 aromatic carbocycles. The molecule has 0 saturated carbocycles. The second-order valence-electron chi connectivity index (χ2n) is 4.95. The van der Waals surface area contributed by atoms with Gasteiger partial charge in [-0.3, -0.25) is 9.59 Å². The lowest BCUT2D eigenvalue weighted by atomic mass is 10.2. The third kappa shape index (κ3) is 6.17. The molecule has 0 aliphatic heterocycles. The number of benzene rings is 1. The largest absolute Gasteiger partial charge is 0.350 e. The highest BCUT2D eigenvalue weighted by molar-refractivity contribution is 6.33. The molecule has 0 atom stereocenters. The Bertz CT molecular complexity index is 477. The standard InChI is InChI=1S/C16H23ClN2O2/c1-3-4-7-11-19(13(2)20)12-10-18-16(21)14-8-5-6-9-15(14)17/h5-6,8-9H,3-4,7,10-12H2,1-2H3,(H,18,21). The third-order valence-corrected chi connectivity index (χ3v) is 3.59. The Morgan fingerprint density at radius 3 is 2.52 bits per heavy atom. The summed E-state index contributed by atoms with van der Waals surface area (Å²) >= 11 is 5.97. The number of nitrogens with zero attached hydrogens (tertiary/aromatic N) is 1. The van der Waals surface area contributed by atoms with Gasteiger partial charge in [-0.05, 0) is 18.6 Å². The minimum atomic E-state index is -0.210.